The second kappa shape index (κ2) is 5.33. The summed E-state index contributed by atoms with van der Waals surface area (Å²) in [5, 5.41) is 5.46. The van der Waals surface area contributed by atoms with Crippen LogP contribution in [-0.4, -0.2) is 15.6 Å². The maximum atomic E-state index is 12.4. The number of fused-ring (bicyclic) bond motifs is 1. The van der Waals surface area contributed by atoms with Gasteiger partial charge in [-0.2, -0.15) is 5.10 Å². The molecule has 2 N–H and O–H groups in total. The molecule has 0 saturated carbocycles. The summed E-state index contributed by atoms with van der Waals surface area (Å²) in [6, 6.07) is 13.1. The topological polar surface area (TPSA) is 60.9 Å². The monoisotopic (exact) mass is 343 g/mol. The second-order valence-electron chi connectivity index (χ2n) is 4.96. The van der Waals surface area contributed by atoms with Gasteiger partial charge in [-0.15, -0.1) is 0 Å². The van der Waals surface area contributed by atoms with E-state index in [2.05, 4.69) is 21.0 Å². The van der Waals surface area contributed by atoms with Crippen molar-refractivity contribution in [2.24, 2.45) is 7.05 Å². The normalized spacial score (nSPS) is 11.0. The number of halogens is 1. The molecule has 0 fully saturated rings. The Hall–Kier alpha value is -2.14. The number of hydrogen-bond donors (Lipinski definition) is 1. The standard InChI is InChI=1S/C16H14BrN3O/c1-20-15-5-3-2-4-13(15)14(19-20)9-16(21)10-6-11(17)8-12(18)7-10/h2-8H,9,18H2,1H3. The molecule has 106 valence electrons. The average molecular weight is 344 g/mol. The Bertz CT molecular complexity index is 818. The summed E-state index contributed by atoms with van der Waals surface area (Å²) in [5.41, 5.74) is 8.76. The molecule has 3 aromatic rings. The van der Waals surface area contributed by atoms with Gasteiger partial charge in [0.15, 0.2) is 5.78 Å². The summed E-state index contributed by atoms with van der Waals surface area (Å²) in [6.45, 7) is 0. The lowest BCUT2D eigenvalue weighted by molar-refractivity contribution is 0.0992. The first kappa shape index (κ1) is 13.8. The highest BCUT2D eigenvalue weighted by molar-refractivity contribution is 9.10. The summed E-state index contributed by atoms with van der Waals surface area (Å²) in [5.74, 6) is 0.00635. The van der Waals surface area contributed by atoms with Gasteiger partial charge in [-0.1, -0.05) is 34.1 Å². The summed E-state index contributed by atoms with van der Waals surface area (Å²) in [7, 11) is 1.88. The number of carbonyl (C=O) groups excluding carboxylic acids is 1. The van der Waals surface area contributed by atoms with Gasteiger partial charge in [0.2, 0.25) is 0 Å². The van der Waals surface area contributed by atoms with Crippen molar-refractivity contribution in [3.05, 3.63) is 58.2 Å². The van der Waals surface area contributed by atoms with Gasteiger partial charge in [0, 0.05) is 28.2 Å². The Morgan fingerprint density at radius 2 is 2.05 bits per heavy atom. The van der Waals surface area contributed by atoms with E-state index in [0.717, 1.165) is 21.1 Å². The highest BCUT2D eigenvalue weighted by Gasteiger charge is 2.14. The molecule has 1 heterocycles. The van der Waals surface area contributed by atoms with Gasteiger partial charge in [-0.05, 0) is 24.3 Å². The number of Topliss-reactive ketones (excluding diaryl/α,β-unsaturated/α-hetero) is 1. The van der Waals surface area contributed by atoms with Crippen LogP contribution in [0.4, 0.5) is 5.69 Å². The van der Waals surface area contributed by atoms with Gasteiger partial charge in [0.1, 0.15) is 0 Å². The number of para-hydroxylation sites is 1. The Balaban J connectivity index is 1.96. The molecule has 21 heavy (non-hydrogen) atoms. The van der Waals surface area contributed by atoms with Crippen LogP contribution in [0.5, 0.6) is 0 Å². The van der Waals surface area contributed by atoms with E-state index < -0.39 is 0 Å². The maximum absolute atomic E-state index is 12.4. The van der Waals surface area contributed by atoms with Gasteiger partial charge in [-0.3, -0.25) is 9.48 Å². The van der Waals surface area contributed by atoms with Gasteiger partial charge >= 0.3 is 0 Å². The zero-order chi connectivity index (χ0) is 15.0. The molecule has 2 aromatic carbocycles. The summed E-state index contributed by atoms with van der Waals surface area (Å²) in [4.78, 5) is 12.4. The summed E-state index contributed by atoms with van der Waals surface area (Å²) < 4.78 is 2.60. The molecule has 0 bridgehead atoms. The number of nitrogens with two attached hydrogens (primary N) is 1. The largest absolute Gasteiger partial charge is 0.399 e. The lowest BCUT2D eigenvalue weighted by Crippen LogP contribution is -2.05. The number of carbonyl (C=O) groups is 1. The Kier molecular flexibility index (Phi) is 3.51. The summed E-state index contributed by atoms with van der Waals surface area (Å²) in [6.07, 6.45) is 0.261. The lowest BCUT2D eigenvalue weighted by Gasteiger charge is -2.02. The molecule has 0 atom stereocenters. The van der Waals surface area contributed by atoms with Crippen molar-refractivity contribution in [1.29, 1.82) is 0 Å². The van der Waals surface area contributed by atoms with E-state index in [4.69, 9.17) is 5.73 Å². The van der Waals surface area contributed by atoms with E-state index >= 15 is 0 Å². The van der Waals surface area contributed by atoms with Gasteiger partial charge in [0.05, 0.1) is 17.6 Å². The van der Waals surface area contributed by atoms with Crippen LogP contribution in [0.25, 0.3) is 10.9 Å². The summed E-state index contributed by atoms with van der Waals surface area (Å²) >= 11 is 3.36. The molecule has 0 aliphatic heterocycles. The highest BCUT2D eigenvalue weighted by atomic mass is 79.9. The molecule has 0 spiro atoms. The predicted octanol–water partition coefficient (Wildman–Crippen LogP) is 3.34. The molecule has 5 heteroatoms. The number of benzene rings is 2. The van der Waals surface area contributed by atoms with Gasteiger partial charge in [-0.25, -0.2) is 0 Å². The number of aromatic nitrogens is 2. The third kappa shape index (κ3) is 2.69. The van der Waals surface area contributed by atoms with E-state index in [1.807, 2.05) is 31.3 Å². The fraction of sp³-hybridized carbons (Fsp3) is 0.125. The zero-order valence-electron chi connectivity index (χ0n) is 11.5. The van der Waals surface area contributed by atoms with Crippen molar-refractivity contribution in [3.63, 3.8) is 0 Å². The molecule has 0 unspecified atom stereocenters. The van der Waals surface area contributed by atoms with E-state index in [-0.39, 0.29) is 12.2 Å². The smallest absolute Gasteiger partial charge is 0.169 e. The molecule has 0 aliphatic carbocycles. The number of ketones is 1. The number of nitrogens with zero attached hydrogens (tertiary/aromatic N) is 2. The minimum Gasteiger partial charge on any atom is -0.399 e. The van der Waals surface area contributed by atoms with Gasteiger partial charge < -0.3 is 5.73 Å². The van der Waals surface area contributed by atoms with Gasteiger partial charge in [0.25, 0.3) is 0 Å². The number of anilines is 1. The Labute approximate surface area is 130 Å². The van der Waals surface area contributed by atoms with E-state index in [1.54, 1.807) is 22.9 Å². The van der Waals surface area contributed by atoms with Crippen LogP contribution in [0, 0.1) is 0 Å². The van der Waals surface area contributed by atoms with Crippen molar-refractivity contribution in [2.75, 3.05) is 5.73 Å². The first-order valence-electron chi connectivity index (χ1n) is 6.54. The second-order valence-corrected chi connectivity index (χ2v) is 5.88. The minimum absolute atomic E-state index is 0.00635. The average Bonchev–Trinajstić information content (AvgIpc) is 2.75. The predicted molar refractivity (Wildman–Crippen MR) is 87.3 cm³/mol. The van der Waals surface area contributed by atoms with Crippen LogP contribution in [0.2, 0.25) is 0 Å². The Morgan fingerprint density at radius 3 is 2.81 bits per heavy atom. The highest BCUT2D eigenvalue weighted by Crippen LogP contribution is 2.21. The van der Waals surface area contributed by atoms with Crippen LogP contribution < -0.4 is 5.73 Å². The fourth-order valence-corrected chi connectivity index (χ4v) is 2.96. The minimum atomic E-state index is 0.00635. The molecule has 0 saturated heterocycles. The SMILES string of the molecule is Cn1nc(CC(=O)c2cc(N)cc(Br)c2)c2ccccc21. The lowest BCUT2D eigenvalue weighted by atomic mass is 10.0. The maximum Gasteiger partial charge on any atom is 0.169 e. The van der Waals surface area contributed by atoms with Crippen LogP contribution in [0.1, 0.15) is 16.1 Å². The quantitative estimate of drug-likeness (QED) is 0.586. The van der Waals surface area contributed by atoms with Crippen molar-refractivity contribution >= 4 is 38.3 Å². The molecule has 4 nitrogen and oxygen atoms in total. The number of nitrogen functional groups attached to an aromatic ring is 1. The zero-order valence-corrected chi connectivity index (χ0v) is 13.1. The molecule has 1 aromatic heterocycles. The van der Waals surface area contributed by atoms with Crippen molar-refractivity contribution in [1.82, 2.24) is 9.78 Å². The first-order valence-corrected chi connectivity index (χ1v) is 7.34. The number of rotatable bonds is 3. The third-order valence-corrected chi connectivity index (χ3v) is 3.86. The number of hydrogen-bond acceptors (Lipinski definition) is 3. The molecule has 0 aliphatic rings. The van der Waals surface area contributed by atoms with Crippen LogP contribution in [0.3, 0.4) is 0 Å². The molecular weight excluding hydrogens is 330 g/mol. The molecule has 0 radical (unpaired) electrons. The molecule has 0 amide bonds. The number of aryl methyl sites for hydroxylation is 1. The van der Waals surface area contributed by atoms with E-state index in [1.165, 1.54) is 0 Å². The third-order valence-electron chi connectivity index (χ3n) is 3.40. The van der Waals surface area contributed by atoms with Crippen molar-refractivity contribution in [3.8, 4) is 0 Å². The Morgan fingerprint density at radius 1 is 1.29 bits per heavy atom. The van der Waals surface area contributed by atoms with Crippen LogP contribution in [0.15, 0.2) is 46.9 Å². The van der Waals surface area contributed by atoms with Crippen LogP contribution >= 0.6 is 15.9 Å². The molecule has 3 rings (SSSR count). The fourth-order valence-electron chi connectivity index (χ4n) is 2.45. The first-order chi connectivity index (χ1) is 10.0. The van der Waals surface area contributed by atoms with E-state index in [9.17, 15) is 4.79 Å². The van der Waals surface area contributed by atoms with Crippen LogP contribution in [-0.2, 0) is 13.5 Å². The molecular formula is C16H14BrN3O. The van der Waals surface area contributed by atoms with E-state index in [0.29, 0.717) is 11.3 Å². The van der Waals surface area contributed by atoms with Crippen molar-refractivity contribution < 1.29 is 4.79 Å². The van der Waals surface area contributed by atoms with Crippen molar-refractivity contribution in [2.45, 2.75) is 6.42 Å².